The molecule has 1 N–H and O–H groups in total. The van der Waals surface area contributed by atoms with Gasteiger partial charge in [-0.3, -0.25) is 24.8 Å². The zero-order valence-corrected chi connectivity index (χ0v) is 16.7. The van der Waals surface area contributed by atoms with Crippen molar-refractivity contribution >= 4 is 44.9 Å². The normalized spacial score (nSPS) is 18.5. The maximum absolute atomic E-state index is 13.2. The number of carbonyl (C=O) groups excluding carboxylic acids is 3. The van der Waals surface area contributed by atoms with Gasteiger partial charge < -0.3 is 4.74 Å². The first-order valence-electron chi connectivity index (χ1n) is 8.51. The van der Waals surface area contributed by atoms with Gasteiger partial charge in [-0.25, -0.2) is 4.90 Å². The number of anilines is 2. The third-order valence-corrected chi connectivity index (χ3v) is 5.24. The van der Waals surface area contributed by atoms with Crippen LogP contribution in [0.15, 0.2) is 64.3 Å². The van der Waals surface area contributed by atoms with Gasteiger partial charge in [0.2, 0.25) is 0 Å². The lowest BCUT2D eigenvalue weighted by Gasteiger charge is -2.26. The summed E-state index contributed by atoms with van der Waals surface area (Å²) in [4.78, 5) is 39.5. The van der Waals surface area contributed by atoms with Crippen LogP contribution in [0.1, 0.15) is 6.92 Å². The van der Waals surface area contributed by atoms with E-state index in [0.29, 0.717) is 17.1 Å². The van der Waals surface area contributed by atoms with Crippen molar-refractivity contribution in [1.29, 1.82) is 0 Å². The summed E-state index contributed by atoms with van der Waals surface area (Å²) in [6.07, 6.45) is 0. The van der Waals surface area contributed by atoms with Crippen LogP contribution < -0.4 is 20.1 Å². The SMILES string of the molecule is COc1ccc(N2NC(C(C)=O)=C3C(=O)N(c4ccc(Br)cc4)C(=O)[C@@H]32)cc1. The highest BCUT2D eigenvalue weighted by Gasteiger charge is 2.53. The molecule has 4 rings (SSSR count). The molecule has 1 saturated heterocycles. The predicted octanol–water partition coefficient (Wildman–Crippen LogP) is 2.57. The van der Waals surface area contributed by atoms with Gasteiger partial charge in [0.05, 0.1) is 24.1 Å². The highest BCUT2D eigenvalue weighted by Crippen LogP contribution is 2.37. The number of rotatable bonds is 4. The molecular weight excluding hydrogens is 426 g/mol. The molecule has 28 heavy (non-hydrogen) atoms. The van der Waals surface area contributed by atoms with E-state index in [1.807, 2.05) is 0 Å². The molecule has 0 unspecified atom stereocenters. The van der Waals surface area contributed by atoms with Crippen molar-refractivity contribution in [2.45, 2.75) is 13.0 Å². The Morgan fingerprint density at radius 1 is 1.04 bits per heavy atom. The van der Waals surface area contributed by atoms with Crippen molar-refractivity contribution < 1.29 is 19.1 Å². The Kier molecular flexibility index (Phi) is 4.43. The van der Waals surface area contributed by atoms with E-state index in [1.165, 1.54) is 6.92 Å². The summed E-state index contributed by atoms with van der Waals surface area (Å²) in [5.41, 5.74) is 4.33. The number of methoxy groups -OCH3 is 1. The molecule has 2 aliphatic heterocycles. The zero-order chi connectivity index (χ0) is 20.0. The number of amides is 2. The summed E-state index contributed by atoms with van der Waals surface area (Å²) in [7, 11) is 1.56. The first kappa shape index (κ1) is 18.2. The molecule has 0 aliphatic carbocycles. The summed E-state index contributed by atoms with van der Waals surface area (Å²) >= 11 is 3.34. The predicted molar refractivity (Wildman–Crippen MR) is 107 cm³/mol. The Morgan fingerprint density at radius 3 is 2.21 bits per heavy atom. The summed E-state index contributed by atoms with van der Waals surface area (Å²) in [5, 5.41) is 1.55. The van der Waals surface area contributed by atoms with Gasteiger partial charge in [0.15, 0.2) is 11.8 Å². The number of Topliss-reactive ketones (excluding diaryl/α,β-unsaturated/α-hetero) is 1. The molecule has 0 aromatic heterocycles. The maximum Gasteiger partial charge on any atom is 0.266 e. The Morgan fingerprint density at radius 2 is 1.64 bits per heavy atom. The van der Waals surface area contributed by atoms with Gasteiger partial charge in [-0.05, 0) is 48.5 Å². The fraction of sp³-hybridized carbons (Fsp3) is 0.150. The van der Waals surface area contributed by atoms with E-state index in [0.717, 1.165) is 9.37 Å². The van der Waals surface area contributed by atoms with E-state index in [1.54, 1.807) is 60.6 Å². The summed E-state index contributed by atoms with van der Waals surface area (Å²) in [5.74, 6) is -0.559. The fourth-order valence-electron chi connectivity index (χ4n) is 3.37. The zero-order valence-electron chi connectivity index (χ0n) is 15.1. The van der Waals surface area contributed by atoms with Gasteiger partial charge >= 0.3 is 0 Å². The lowest BCUT2D eigenvalue weighted by Crippen LogP contribution is -2.46. The van der Waals surface area contributed by atoms with Gasteiger partial charge in [0.1, 0.15) is 11.4 Å². The number of ketones is 1. The topological polar surface area (TPSA) is 79.0 Å². The van der Waals surface area contributed by atoms with Gasteiger partial charge in [-0.1, -0.05) is 15.9 Å². The number of allylic oxidation sites excluding steroid dienone is 1. The molecule has 0 saturated carbocycles. The lowest BCUT2D eigenvalue weighted by atomic mass is 10.1. The van der Waals surface area contributed by atoms with Crippen molar-refractivity contribution in [3.05, 3.63) is 64.3 Å². The van der Waals surface area contributed by atoms with Crippen LogP contribution in [-0.2, 0) is 14.4 Å². The molecule has 0 spiro atoms. The molecule has 1 fully saturated rings. The van der Waals surface area contributed by atoms with Crippen molar-refractivity contribution in [3.63, 3.8) is 0 Å². The molecule has 1 atom stereocenters. The first-order valence-corrected chi connectivity index (χ1v) is 9.30. The quantitative estimate of drug-likeness (QED) is 0.734. The number of hydrazine groups is 1. The van der Waals surface area contributed by atoms with Gasteiger partial charge in [0.25, 0.3) is 11.8 Å². The van der Waals surface area contributed by atoms with Crippen molar-refractivity contribution in [3.8, 4) is 5.75 Å². The third-order valence-electron chi connectivity index (χ3n) is 4.71. The standard InChI is InChI=1S/C20H16BrN3O4/c1-11(25)17-16-18(24(22-17)14-7-9-15(28-2)10-8-14)20(27)23(19(16)26)13-5-3-12(21)4-6-13/h3-10,18,22H,1-2H3/t18-/m1/s1. The number of nitrogens with one attached hydrogen (secondary N) is 1. The molecule has 2 heterocycles. The number of imide groups is 1. The van der Waals surface area contributed by atoms with Crippen LogP contribution in [0, 0.1) is 0 Å². The molecule has 2 aliphatic rings. The second-order valence-electron chi connectivity index (χ2n) is 6.38. The minimum Gasteiger partial charge on any atom is -0.497 e. The van der Waals surface area contributed by atoms with Crippen LogP contribution in [0.3, 0.4) is 0 Å². The number of hydrogen-bond donors (Lipinski definition) is 1. The fourth-order valence-corrected chi connectivity index (χ4v) is 3.64. The summed E-state index contributed by atoms with van der Waals surface area (Å²) in [6.45, 7) is 1.37. The Balaban J connectivity index is 1.78. The number of halogens is 1. The van der Waals surface area contributed by atoms with Crippen molar-refractivity contribution in [2.75, 3.05) is 17.0 Å². The van der Waals surface area contributed by atoms with Gasteiger partial charge in [-0.15, -0.1) is 0 Å². The van der Waals surface area contributed by atoms with Crippen LogP contribution >= 0.6 is 15.9 Å². The minimum absolute atomic E-state index is 0.138. The second kappa shape index (κ2) is 6.79. The molecule has 142 valence electrons. The number of hydrogen-bond acceptors (Lipinski definition) is 6. The van der Waals surface area contributed by atoms with E-state index in [9.17, 15) is 14.4 Å². The molecular formula is C20H16BrN3O4. The average Bonchev–Trinajstić information content (AvgIpc) is 3.20. The maximum atomic E-state index is 13.2. The van der Waals surface area contributed by atoms with Crippen molar-refractivity contribution in [2.24, 2.45) is 0 Å². The lowest BCUT2D eigenvalue weighted by molar-refractivity contribution is -0.121. The third kappa shape index (κ3) is 2.77. The number of nitrogens with zero attached hydrogens (tertiary/aromatic N) is 2. The Hall–Kier alpha value is -3.13. The van der Waals surface area contributed by atoms with E-state index < -0.39 is 17.9 Å². The first-order chi connectivity index (χ1) is 13.4. The molecule has 8 heteroatoms. The van der Waals surface area contributed by atoms with Gasteiger partial charge in [-0.2, -0.15) is 0 Å². The largest absolute Gasteiger partial charge is 0.497 e. The second-order valence-corrected chi connectivity index (χ2v) is 7.30. The van der Waals surface area contributed by atoms with E-state index >= 15 is 0 Å². The summed E-state index contributed by atoms with van der Waals surface area (Å²) < 4.78 is 6.00. The summed E-state index contributed by atoms with van der Waals surface area (Å²) in [6, 6.07) is 13.0. The van der Waals surface area contributed by atoms with Gasteiger partial charge in [0, 0.05) is 11.4 Å². The number of ether oxygens (including phenoxy) is 1. The van der Waals surface area contributed by atoms with Crippen LogP contribution in [0.2, 0.25) is 0 Å². The number of carbonyl (C=O) groups is 3. The Labute approximate surface area is 169 Å². The van der Waals surface area contributed by atoms with E-state index in [4.69, 9.17) is 4.74 Å². The van der Waals surface area contributed by atoms with E-state index in [2.05, 4.69) is 21.4 Å². The molecule has 2 amide bonds. The molecule has 7 nitrogen and oxygen atoms in total. The highest BCUT2D eigenvalue weighted by atomic mass is 79.9. The van der Waals surface area contributed by atoms with Crippen LogP contribution in [0.4, 0.5) is 11.4 Å². The number of benzene rings is 2. The van der Waals surface area contributed by atoms with Crippen LogP contribution in [-0.4, -0.2) is 30.7 Å². The Bertz CT molecular complexity index is 1010. The monoisotopic (exact) mass is 441 g/mol. The van der Waals surface area contributed by atoms with Crippen molar-refractivity contribution in [1.82, 2.24) is 5.43 Å². The molecule has 0 radical (unpaired) electrons. The molecule has 0 bridgehead atoms. The number of fused-ring (bicyclic) bond motifs is 1. The minimum atomic E-state index is -0.913. The molecule has 2 aromatic rings. The molecule has 2 aromatic carbocycles. The smallest absolute Gasteiger partial charge is 0.266 e. The highest BCUT2D eigenvalue weighted by molar-refractivity contribution is 9.10. The van der Waals surface area contributed by atoms with Crippen LogP contribution in [0.25, 0.3) is 0 Å². The van der Waals surface area contributed by atoms with Crippen LogP contribution in [0.5, 0.6) is 5.75 Å². The average molecular weight is 442 g/mol. The van der Waals surface area contributed by atoms with E-state index in [-0.39, 0.29) is 17.1 Å².